The maximum absolute atomic E-state index is 6.56. The van der Waals surface area contributed by atoms with E-state index in [1.165, 1.54) is 24.0 Å². The lowest BCUT2D eigenvalue weighted by Crippen LogP contribution is -2.36. The summed E-state index contributed by atoms with van der Waals surface area (Å²) in [6.07, 6.45) is 4.81. The lowest BCUT2D eigenvalue weighted by molar-refractivity contribution is 0.00766. The highest BCUT2D eigenvalue weighted by Gasteiger charge is 2.35. The summed E-state index contributed by atoms with van der Waals surface area (Å²) in [5, 5.41) is 0. The van der Waals surface area contributed by atoms with Crippen LogP contribution in [0.3, 0.4) is 0 Å². The van der Waals surface area contributed by atoms with Crippen LogP contribution in [0.1, 0.15) is 42.7 Å². The van der Waals surface area contributed by atoms with Gasteiger partial charge in [0.25, 0.3) is 0 Å². The molecule has 0 radical (unpaired) electrons. The summed E-state index contributed by atoms with van der Waals surface area (Å²) in [6.45, 7) is 1.74. The van der Waals surface area contributed by atoms with Crippen molar-refractivity contribution in [3.05, 3.63) is 35.4 Å². The molecule has 2 fully saturated rings. The molecule has 1 heterocycles. The fourth-order valence-corrected chi connectivity index (χ4v) is 3.00. The Morgan fingerprint density at radius 3 is 2.44 bits per heavy atom. The van der Waals surface area contributed by atoms with Gasteiger partial charge in [0.15, 0.2) is 0 Å². The monoisotopic (exact) mass is 217 g/mol. The third-order valence-electron chi connectivity index (χ3n) is 4.07. The Hall–Kier alpha value is -0.860. The van der Waals surface area contributed by atoms with Gasteiger partial charge in [-0.05, 0) is 24.0 Å². The molecule has 0 spiro atoms. The van der Waals surface area contributed by atoms with Crippen LogP contribution >= 0.6 is 0 Å². The molecule has 16 heavy (non-hydrogen) atoms. The van der Waals surface area contributed by atoms with Crippen LogP contribution in [0, 0.1) is 0 Å². The second kappa shape index (κ2) is 3.86. The minimum absolute atomic E-state index is 0.0633. The summed E-state index contributed by atoms with van der Waals surface area (Å²) in [6, 6.07) is 8.69. The molecular formula is C14H19NO. The molecule has 0 aromatic heterocycles. The molecule has 2 heteroatoms. The highest BCUT2D eigenvalue weighted by atomic mass is 16.5. The van der Waals surface area contributed by atoms with Gasteiger partial charge in [0, 0.05) is 11.5 Å². The average Bonchev–Trinajstić information content (AvgIpc) is 2.65. The van der Waals surface area contributed by atoms with E-state index in [1.54, 1.807) is 0 Å². The molecule has 0 bridgehead atoms. The number of benzene rings is 1. The van der Waals surface area contributed by atoms with Crippen molar-refractivity contribution in [2.45, 2.75) is 37.1 Å². The number of rotatable bonds is 2. The van der Waals surface area contributed by atoms with Gasteiger partial charge in [-0.1, -0.05) is 37.1 Å². The molecule has 1 saturated heterocycles. The Morgan fingerprint density at radius 2 is 1.81 bits per heavy atom. The van der Waals surface area contributed by atoms with Gasteiger partial charge in [0.2, 0.25) is 0 Å². The topological polar surface area (TPSA) is 35.2 Å². The van der Waals surface area contributed by atoms with Gasteiger partial charge in [0.05, 0.1) is 13.2 Å². The summed E-state index contributed by atoms with van der Waals surface area (Å²) in [7, 11) is 0. The minimum atomic E-state index is -0.0633. The van der Waals surface area contributed by atoms with Crippen LogP contribution in [0.15, 0.2) is 24.3 Å². The van der Waals surface area contributed by atoms with Crippen molar-refractivity contribution in [1.29, 1.82) is 0 Å². The van der Waals surface area contributed by atoms with E-state index in [1.807, 2.05) is 0 Å². The molecule has 2 N–H and O–H groups in total. The molecule has 3 rings (SSSR count). The Labute approximate surface area is 96.8 Å². The molecule has 1 aliphatic carbocycles. The molecule has 0 unspecified atom stereocenters. The van der Waals surface area contributed by atoms with Crippen LogP contribution < -0.4 is 5.73 Å². The highest BCUT2D eigenvalue weighted by Crippen LogP contribution is 2.40. The smallest absolute Gasteiger partial charge is 0.0557 e. The van der Waals surface area contributed by atoms with Crippen molar-refractivity contribution < 1.29 is 4.74 Å². The van der Waals surface area contributed by atoms with Crippen molar-refractivity contribution in [1.82, 2.24) is 0 Å². The zero-order chi connectivity index (χ0) is 11.0. The van der Waals surface area contributed by atoms with E-state index in [-0.39, 0.29) is 5.54 Å². The summed E-state index contributed by atoms with van der Waals surface area (Å²) >= 11 is 0. The van der Waals surface area contributed by atoms with Gasteiger partial charge < -0.3 is 10.5 Å². The normalized spacial score (nSPS) is 24.3. The predicted octanol–water partition coefficient (Wildman–Crippen LogP) is 2.53. The van der Waals surface area contributed by atoms with Gasteiger partial charge in [-0.15, -0.1) is 0 Å². The van der Waals surface area contributed by atoms with Crippen LogP contribution in [0.4, 0.5) is 0 Å². The van der Waals surface area contributed by atoms with Crippen LogP contribution in [-0.2, 0) is 10.3 Å². The van der Waals surface area contributed by atoms with E-state index in [0.29, 0.717) is 5.92 Å². The molecule has 0 amide bonds. The Kier molecular flexibility index (Phi) is 2.49. The quantitative estimate of drug-likeness (QED) is 0.826. The lowest BCUT2D eigenvalue weighted by atomic mass is 9.81. The van der Waals surface area contributed by atoms with Crippen LogP contribution in [-0.4, -0.2) is 13.2 Å². The SMILES string of the molecule is NC1(c2ccccc2C2COC2)CCCC1. The maximum atomic E-state index is 6.56. The van der Waals surface area contributed by atoms with Gasteiger partial charge in [-0.3, -0.25) is 0 Å². The van der Waals surface area contributed by atoms with Gasteiger partial charge in [0.1, 0.15) is 0 Å². The molecule has 0 atom stereocenters. The van der Waals surface area contributed by atoms with Crippen molar-refractivity contribution in [3.8, 4) is 0 Å². The molecule has 2 nitrogen and oxygen atoms in total. The van der Waals surface area contributed by atoms with Crippen molar-refractivity contribution >= 4 is 0 Å². The van der Waals surface area contributed by atoms with Crippen molar-refractivity contribution in [3.63, 3.8) is 0 Å². The molecule has 1 aromatic rings. The third-order valence-corrected chi connectivity index (χ3v) is 4.07. The number of nitrogens with two attached hydrogens (primary N) is 1. The van der Waals surface area contributed by atoms with Crippen LogP contribution in [0.25, 0.3) is 0 Å². The first-order valence-corrected chi connectivity index (χ1v) is 6.26. The van der Waals surface area contributed by atoms with Gasteiger partial charge in [-0.25, -0.2) is 0 Å². The van der Waals surface area contributed by atoms with Crippen LogP contribution in [0.5, 0.6) is 0 Å². The molecule has 86 valence electrons. The van der Waals surface area contributed by atoms with E-state index in [9.17, 15) is 0 Å². The zero-order valence-electron chi connectivity index (χ0n) is 9.61. The molecule has 1 aromatic carbocycles. The second-order valence-electron chi connectivity index (χ2n) is 5.18. The predicted molar refractivity (Wildman–Crippen MR) is 64.3 cm³/mol. The standard InChI is InChI=1S/C14H19NO/c15-14(7-3-4-8-14)13-6-2-1-5-12(13)11-9-16-10-11/h1-2,5-6,11H,3-4,7-10,15H2. The molecule has 1 aliphatic heterocycles. The van der Waals surface area contributed by atoms with Crippen molar-refractivity contribution in [2.24, 2.45) is 5.73 Å². The van der Waals surface area contributed by atoms with Crippen LogP contribution in [0.2, 0.25) is 0 Å². The van der Waals surface area contributed by atoms with E-state index in [4.69, 9.17) is 10.5 Å². The minimum Gasteiger partial charge on any atom is -0.380 e. The zero-order valence-corrected chi connectivity index (χ0v) is 9.61. The second-order valence-corrected chi connectivity index (χ2v) is 5.18. The fourth-order valence-electron chi connectivity index (χ4n) is 3.00. The number of hydrogen-bond acceptors (Lipinski definition) is 2. The largest absolute Gasteiger partial charge is 0.380 e. The van der Waals surface area contributed by atoms with E-state index in [0.717, 1.165) is 26.1 Å². The number of ether oxygens (including phenoxy) is 1. The first kappa shape index (κ1) is 10.3. The summed E-state index contributed by atoms with van der Waals surface area (Å²) in [5.41, 5.74) is 9.30. The lowest BCUT2D eigenvalue weighted by Gasteiger charge is -2.33. The highest BCUT2D eigenvalue weighted by molar-refractivity contribution is 5.37. The molecule has 1 saturated carbocycles. The summed E-state index contributed by atoms with van der Waals surface area (Å²) in [4.78, 5) is 0. The fraction of sp³-hybridized carbons (Fsp3) is 0.571. The maximum Gasteiger partial charge on any atom is 0.0557 e. The summed E-state index contributed by atoms with van der Waals surface area (Å²) < 4.78 is 5.30. The summed E-state index contributed by atoms with van der Waals surface area (Å²) in [5.74, 6) is 0.581. The van der Waals surface area contributed by atoms with E-state index < -0.39 is 0 Å². The van der Waals surface area contributed by atoms with E-state index >= 15 is 0 Å². The third kappa shape index (κ3) is 1.57. The Morgan fingerprint density at radius 1 is 1.12 bits per heavy atom. The first-order chi connectivity index (χ1) is 7.80. The van der Waals surface area contributed by atoms with E-state index in [2.05, 4.69) is 24.3 Å². The van der Waals surface area contributed by atoms with Crippen molar-refractivity contribution in [2.75, 3.05) is 13.2 Å². The first-order valence-electron chi connectivity index (χ1n) is 6.26. The molecular weight excluding hydrogens is 198 g/mol. The number of hydrogen-bond donors (Lipinski definition) is 1. The molecule has 2 aliphatic rings. The van der Waals surface area contributed by atoms with Gasteiger partial charge >= 0.3 is 0 Å². The Bertz CT molecular complexity index is 378. The Balaban J connectivity index is 1.98. The average molecular weight is 217 g/mol. The van der Waals surface area contributed by atoms with Gasteiger partial charge in [-0.2, -0.15) is 0 Å².